The van der Waals surface area contributed by atoms with Gasteiger partial charge in [-0.25, -0.2) is 4.99 Å². The van der Waals surface area contributed by atoms with Crippen molar-refractivity contribution in [2.75, 3.05) is 0 Å². The number of aliphatic hydroxyl groups is 1. The molecule has 1 aliphatic heterocycles. The lowest BCUT2D eigenvalue weighted by atomic mass is 10.5. The van der Waals surface area contributed by atoms with Gasteiger partial charge < -0.3 is 10.4 Å². The van der Waals surface area contributed by atoms with E-state index in [9.17, 15) is 0 Å². The standard InChI is InChI=1S/C4H6N2O/c7-4-1-2-5-3-6-4/h1-4,7H,(H,5,6)/t4-/m1/s1. The first-order valence-corrected chi connectivity index (χ1v) is 2.02. The first kappa shape index (κ1) is 4.33. The van der Waals surface area contributed by atoms with Crippen LogP contribution in [0.3, 0.4) is 0 Å². The molecule has 1 heterocycles. The molecule has 1 aliphatic rings. The first-order chi connectivity index (χ1) is 3.39. The third-order valence-corrected chi connectivity index (χ3v) is 0.666. The second kappa shape index (κ2) is 1.75. The van der Waals surface area contributed by atoms with Crippen LogP contribution in [0.5, 0.6) is 0 Å². The van der Waals surface area contributed by atoms with Gasteiger partial charge in [0.2, 0.25) is 0 Å². The third-order valence-electron chi connectivity index (χ3n) is 0.666. The highest BCUT2D eigenvalue weighted by molar-refractivity contribution is 5.57. The molecule has 1 atom stereocenters. The average molecular weight is 98.1 g/mol. The van der Waals surface area contributed by atoms with E-state index in [-0.39, 0.29) is 0 Å². The molecule has 0 spiro atoms. The Bertz CT molecular complexity index is 96.3. The van der Waals surface area contributed by atoms with Gasteiger partial charge in [-0.1, -0.05) is 0 Å². The Morgan fingerprint density at radius 2 is 2.57 bits per heavy atom. The van der Waals surface area contributed by atoms with Gasteiger partial charge in [0.15, 0.2) is 6.23 Å². The molecule has 0 aromatic carbocycles. The van der Waals surface area contributed by atoms with Crippen molar-refractivity contribution in [3.63, 3.8) is 0 Å². The van der Waals surface area contributed by atoms with Crippen molar-refractivity contribution >= 4 is 6.34 Å². The summed E-state index contributed by atoms with van der Waals surface area (Å²) < 4.78 is 0. The van der Waals surface area contributed by atoms with Crippen LogP contribution < -0.4 is 5.32 Å². The Kier molecular flexibility index (Phi) is 1.08. The van der Waals surface area contributed by atoms with Crippen LogP contribution in [0, 0.1) is 0 Å². The molecule has 3 heteroatoms. The monoisotopic (exact) mass is 98.0 g/mol. The molecule has 38 valence electrons. The average Bonchev–Trinajstić information content (AvgIpc) is 1.69. The Balaban J connectivity index is 2.49. The maximum Gasteiger partial charge on any atom is 0.167 e. The zero-order valence-electron chi connectivity index (χ0n) is 3.70. The molecule has 0 aromatic heterocycles. The van der Waals surface area contributed by atoms with Gasteiger partial charge in [-0.05, 0) is 6.08 Å². The fraction of sp³-hybridized carbons (Fsp3) is 0.250. The minimum atomic E-state index is -0.638. The maximum absolute atomic E-state index is 8.58. The quantitative estimate of drug-likeness (QED) is 0.427. The van der Waals surface area contributed by atoms with Crippen LogP contribution in [-0.2, 0) is 0 Å². The van der Waals surface area contributed by atoms with Gasteiger partial charge in [0.05, 0.1) is 6.34 Å². The fourth-order valence-corrected chi connectivity index (χ4v) is 0.354. The van der Waals surface area contributed by atoms with Gasteiger partial charge in [0.25, 0.3) is 0 Å². The van der Waals surface area contributed by atoms with Crippen LogP contribution in [-0.4, -0.2) is 17.7 Å². The number of hydrogen-bond acceptors (Lipinski definition) is 3. The van der Waals surface area contributed by atoms with Crippen LogP contribution in [0.1, 0.15) is 0 Å². The molecule has 0 aliphatic carbocycles. The van der Waals surface area contributed by atoms with Gasteiger partial charge in [-0.15, -0.1) is 0 Å². The molecule has 0 radical (unpaired) electrons. The lowest BCUT2D eigenvalue weighted by molar-refractivity contribution is 0.232. The van der Waals surface area contributed by atoms with Crippen LogP contribution in [0.25, 0.3) is 0 Å². The molecule has 0 bridgehead atoms. The molecule has 3 nitrogen and oxygen atoms in total. The highest BCUT2D eigenvalue weighted by atomic mass is 16.3. The third kappa shape index (κ3) is 1.01. The first-order valence-electron chi connectivity index (χ1n) is 2.02. The summed E-state index contributed by atoms with van der Waals surface area (Å²) >= 11 is 0. The summed E-state index contributed by atoms with van der Waals surface area (Å²) in [7, 11) is 0. The molecule has 0 unspecified atom stereocenters. The normalized spacial score (nSPS) is 27.3. The largest absolute Gasteiger partial charge is 0.368 e. The number of nitrogens with zero attached hydrogens (tertiary/aromatic N) is 1. The van der Waals surface area contributed by atoms with Crippen molar-refractivity contribution in [1.29, 1.82) is 0 Å². The van der Waals surface area contributed by atoms with Crippen LogP contribution in [0.15, 0.2) is 17.3 Å². The number of aliphatic hydroxyl groups excluding tert-OH is 1. The van der Waals surface area contributed by atoms with Crippen molar-refractivity contribution in [2.45, 2.75) is 6.23 Å². The maximum atomic E-state index is 8.58. The van der Waals surface area contributed by atoms with E-state index in [2.05, 4.69) is 10.3 Å². The summed E-state index contributed by atoms with van der Waals surface area (Å²) in [6.07, 6.45) is 4.00. The smallest absolute Gasteiger partial charge is 0.167 e. The van der Waals surface area contributed by atoms with Crippen molar-refractivity contribution in [1.82, 2.24) is 5.32 Å². The topological polar surface area (TPSA) is 44.6 Å². The number of nitrogens with one attached hydrogen (secondary N) is 1. The summed E-state index contributed by atoms with van der Waals surface area (Å²) in [5.74, 6) is 0. The molecule has 0 aromatic rings. The predicted octanol–water partition coefficient (Wildman–Crippen LogP) is -0.550. The Hall–Kier alpha value is -0.830. The lowest BCUT2D eigenvalue weighted by Gasteiger charge is -2.01. The van der Waals surface area contributed by atoms with Gasteiger partial charge in [0.1, 0.15) is 0 Å². The zero-order valence-corrected chi connectivity index (χ0v) is 3.70. The molecule has 0 saturated carbocycles. The second-order valence-electron chi connectivity index (χ2n) is 1.22. The predicted molar refractivity (Wildman–Crippen MR) is 26.8 cm³/mol. The van der Waals surface area contributed by atoms with E-state index >= 15 is 0 Å². The highest BCUT2D eigenvalue weighted by Crippen LogP contribution is 1.87. The van der Waals surface area contributed by atoms with E-state index in [1.165, 1.54) is 6.34 Å². The number of aliphatic imine (C=N–C) groups is 1. The van der Waals surface area contributed by atoms with E-state index in [1.807, 2.05) is 0 Å². The Labute approximate surface area is 41.4 Å². The molecular weight excluding hydrogens is 92.1 g/mol. The van der Waals surface area contributed by atoms with Gasteiger partial charge in [0, 0.05) is 6.20 Å². The van der Waals surface area contributed by atoms with Crippen molar-refractivity contribution < 1.29 is 5.11 Å². The number of hydrogen-bond donors (Lipinski definition) is 2. The highest BCUT2D eigenvalue weighted by Gasteiger charge is 1.92. The van der Waals surface area contributed by atoms with E-state index in [4.69, 9.17) is 5.11 Å². The fourth-order valence-electron chi connectivity index (χ4n) is 0.354. The molecule has 1 rings (SSSR count). The van der Waals surface area contributed by atoms with Crippen molar-refractivity contribution in [2.24, 2.45) is 4.99 Å². The molecule has 0 fully saturated rings. The van der Waals surface area contributed by atoms with E-state index in [0.29, 0.717) is 0 Å². The van der Waals surface area contributed by atoms with E-state index in [0.717, 1.165) is 0 Å². The Morgan fingerprint density at radius 1 is 1.71 bits per heavy atom. The molecule has 0 saturated heterocycles. The minimum Gasteiger partial charge on any atom is -0.368 e. The van der Waals surface area contributed by atoms with E-state index in [1.54, 1.807) is 12.3 Å². The van der Waals surface area contributed by atoms with Crippen molar-refractivity contribution in [3.8, 4) is 0 Å². The van der Waals surface area contributed by atoms with Crippen LogP contribution in [0.4, 0.5) is 0 Å². The lowest BCUT2D eigenvalue weighted by Crippen LogP contribution is -2.12. The molecule has 2 N–H and O–H groups in total. The molecule has 7 heavy (non-hydrogen) atoms. The van der Waals surface area contributed by atoms with Gasteiger partial charge >= 0.3 is 0 Å². The second-order valence-corrected chi connectivity index (χ2v) is 1.22. The van der Waals surface area contributed by atoms with Crippen molar-refractivity contribution in [3.05, 3.63) is 12.3 Å². The van der Waals surface area contributed by atoms with Gasteiger partial charge in [-0.2, -0.15) is 0 Å². The van der Waals surface area contributed by atoms with Crippen LogP contribution in [0.2, 0.25) is 0 Å². The molecule has 0 amide bonds. The van der Waals surface area contributed by atoms with Gasteiger partial charge in [-0.3, -0.25) is 0 Å². The minimum absolute atomic E-state index is 0.638. The SMILES string of the molecule is O[C@@H]1C=CNC=N1. The zero-order chi connectivity index (χ0) is 5.11. The summed E-state index contributed by atoms with van der Waals surface area (Å²) in [6, 6.07) is 0. The summed E-state index contributed by atoms with van der Waals surface area (Å²) in [5, 5.41) is 11.3. The number of rotatable bonds is 0. The summed E-state index contributed by atoms with van der Waals surface area (Å²) in [6.45, 7) is 0. The summed E-state index contributed by atoms with van der Waals surface area (Å²) in [5.41, 5.74) is 0. The van der Waals surface area contributed by atoms with Crippen LogP contribution >= 0.6 is 0 Å². The summed E-state index contributed by atoms with van der Waals surface area (Å²) in [4.78, 5) is 3.56. The molecular formula is C4H6N2O. The van der Waals surface area contributed by atoms with E-state index < -0.39 is 6.23 Å². The Morgan fingerprint density at radius 3 is 2.86 bits per heavy atom.